The normalized spacial score (nSPS) is 19.4. The van der Waals surface area contributed by atoms with Crippen molar-refractivity contribution in [1.29, 1.82) is 0 Å². The molecule has 116 valence electrons. The van der Waals surface area contributed by atoms with Crippen LogP contribution in [0.5, 0.6) is 0 Å². The minimum atomic E-state index is 0.0768. The van der Waals surface area contributed by atoms with E-state index >= 15 is 0 Å². The lowest BCUT2D eigenvalue weighted by Gasteiger charge is -2.32. The molecule has 0 bridgehead atoms. The molecule has 1 N–H and O–H groups in total. The highest BCUT2D eigenvalue weighted by Crippen LogP contribution is 2.19. The summed E-state index contributed by atoms with van der Waals surface area (Å²) < 4.78 is 5.15. The first-order valence-electron chi connectivity index (χ1n) is 7.75. The number of amides is 1. The number of rotatable bonds is 6. The van der Waals surface area contributed by atoms with Gasteiger partial charge in [0.05, 0.1) is 6.54 Å². The minimum absolute atomic E-state index is 0.0768. The molecule has 1 aromatic rings. The third-order valence-corrected chi connectivity index (χ3v) is 4.00. The first kappa shape index (κ1) is 16.0. The molecule has 0 aromatic heterocycles. The molecule has 0 radical (unpaired) electrons. The first-order chi connectivity index (χ1) is 10.2. The van der Waals surface area contributed by atoms with Gasteiger partial charge in [-0.1, -0.05) is 12.1 Å². The first-order valence-corrected chi connectivity index (χ1v) is 7.75. The van der Waals surface area contributed by atoms with E-state index in [0.717, 1.165) is 37.4 Å². The van der Waals surface area contributed by atoms with Crippen LogP contribution >= 0.6 is 0 Å². The van der Waals surface area contributed by atoms with Crippen molar-refractivity contribution in [3.63, 3.8) is 0 Å². The van der Waals surface area contributed by atoms with Gasteiger partial charge in [-0.15, -0.1) is 0 Å². The lowest BCUT2D eigenvalue weighted by Crippen LogP contribution is -2.40. The maximum Gasteiger partial charge on any atom is 0.238 e. The smallest absolute Gasteiger partial charge is 0.238 e. The summed E-state index contributed by atoms with van der Waals surface area (Å²) in [4.78, 5) is 14.4. The number of hydrogen-bond donors (Lipinski definition) is 1. The fraction of sp³-hybridized carbons (Fsp3) is 0.588. The van der Waals surface area contributed by atoms with Crippen molar-refractivity contribution in [1.82, 2.24) is 4.90 Å². The van der Waals surface area contributed by atoms with Crippen LogP contribution in [0.25, 0.3) is 0 Å². The molecule has 0 aliphatic carbocycles. The molecule has 1 unspecified atom stereocenters. The Morgan fingerprint density at radius 3 is 3.10 bits per heavy atom. The van der Waals surface area contributed by atoms with E-state index < -0.39 is 0 Å². The van der Waals surface area contributed by atoms with Crippen LogP contribution in [0, 0.1) is 12.8 Å². The quantitative estimate of drug-likeness (QED) is 0.876. The van der Waals surface area contributed by atoms with E-state index in [1.54, 1.807) is 7.11 Å². The van der Waals surface area contributed by atoms with Gasteiger partial charge in [-0.05, 0) is 56.3 Å². The average Bonchev–Trinajstić information content (AvgIpc) is 2.45. The molecule has 4 nitrogen and oxygen atoms in total. The minimum Gasteiger partial charge on any atom is -0.385 e. The maximum absolute atomic E-state index is 12.1. The second-order valence-corrected chi connectivity index (χ2v) is 5.94. The zero-order chi connectivity index (χ0) is 15.1. The van der Waals surface area contributed by atoms with Gasteiger partial charge in [-0.25, -0.2) is 0 Å². The predicted molar refractivity (Wildman–Crippen MR) is 85.5 cm³/mol. The number of hydrogen-bond acceptors (Lipinski definition) is 3. The van der Waals surface area contributed by atoms with Gasteiger partial charge in [0.25, 0.3) is 0 Å². The number of aryl methyl sites for hydroxylation is 1. The van der Waals surface area contributed by atoms with Crippen molar-refractivity contribution in [3.8, 4) is 0 Å². The fourth-order valence-electron chi connectivity index (χ4n) is 2.94. The molecule has 1 saturated heterocycles. The van der Waals surface area contributed by atoms with E-state index in [2.05, 4.69) is 10.2 Å². The Bertz CT molecular complexity index is 462. The molecule has 1 heterocycles. The molecule has 1 amide bonds. The summed E-state index contributed by atoms with van der Waals surface area (Å²) in [7, 11) is 1.75. The van der Waals surface area contributed by atoms with Gasteiger partial charge < -0.3 is 10.1 Å². The summed E-state index contributed by atoms with van der Waals surface area (Å²) in [6, 6.07) is 7.92. The molecule has 0 spiro atoms. The summed E-state index contributed by atoms with van der Waals surface area (Å²) in [6.45, 7) is 5.35. The zero-order valence-corrected chi connectivity index (χ0v) is 13.1. The van der Waals surface area contributed by atoms with E-state index in [4.69, 9.17) is 4.74 Å². The van der Waals surface area contributed by atoms with Crippen molar-refractivity contribution in [2.24, 2.45) is 5.92 Å². The average molecular weight is 290 g/mol. The van der Waals surface area contributed by atoms with Crippen LogP contribution in [0.4, 0.5) is 5.69 Å². The highest BCUT2D eigenvalue weighted by Gasteiger charge is 2.21. The lowest BCUT2D eigenvalue weighted by atomic mass is 9.95. The number of anilines is 1. The fourth-order valence-corrected chi connectivity index (χ4v) is 2.94. The molecule has 1 aliphatic rings. The predicted octanol–water partition coefficient (Wildman–Crippen LogP) is 2.68. The number of benzene rings is 1. The molecule has 1 aromatic carbocycles. The summed E-state index contributed by atoms with van der Waals surface area (Å²) in [5.74, 6) is 0.735. The van der Waals surface area contributed by atoms with E-state index in [0.29, 0.717) is 12.5 Å². The molecule has 4 heteroatoms. The highest BCUT2D eigenvalue weighted by molar-refractivity contribution is 5.92. The molecular weight excluding hydrogens is 264 g/mol. The third kappa shape index (κ3) is 5.48. The van der Waals surface area contributed by atoms with Crippen molar-refractivity contribution >= 4 is 11.6 Å². The van der Waals surface area contributed by atoms with Gasteiger partial charge in [-0.2, -0.15) is 0 Å². The van der Waals surface area contributed by atoms with Crippen molar-refractivity contribution in [3.05, 3.63) is 29.8 Å². The van der Waals surface area contributed by atoms with Crippen molar-refractivity contribution in [2.45, 2.75) is 26.2 Å². The van der Waals surface area contributed by atoms with Gasteiger partial charge in [-0.3, -0.25) is 9.69 Å². The molecule has 0 saturated carbocycles. The lowest BCUT2D eigenvalue weighted by molar-refractivity contribution is -0.117. The molecule has 21 heavy (non-hydrogen) atoms. The second kappa shape index (κ2) is 8.15. The number of methoxy groups -OCH3 is 1. The van der Waals surface area contributed by atoms with Gasteiger partial charge in [0, 0.05) is 25.9 Å². The van der Waals surface area contributed by atoms with Crippen LogP contribution in [-0.2, 0) is 9.53 Å². The Labute approximate surface area is 127 Å². The Balaban J connectivity index is 1.79. The maximum atomic E-state index is 12.1. The Morgan fingerprint density at radius 2 is 2.33 bits per heavy atom. The number of piperidine rings is 1. The number of nitrogens with one attached hydrogen (secondary N) is 1. The van der Waals surface area contributed by atoms with E-state index in [1.165, 1.54) is 12.8 Å². The highest BCUT2D eigenvalue weighted by atomic mass is 16.5. The summed E-state index contributed by atoms with van der Waals surface area (Å²) >= 11 is 0. The molecule has 2 rings (SSSR count). The Hall–Kier alpha value is -1.39. The van der Waals surface area contributed by atoms with E-state index in [1.807, 2.05) is 31.2 Å². The topological polar surface area (TPSA) is 41.6 Å². The Kier molecular flexibility index (Phi) is 6.21. The van der Waals surface area contributed by atoms with Gasteiger partial charge in [0.1, 0.15) is 0 Å². The monoisotopic (exact) mass is 290 g/mol. The molecule has 1 atom stereocenters. The van der Waals surface area contributed by atoms with Crippen molar-refractivity contribution < 1.29 is 9.53 Å². The van der Waals surface area contributed by atoms with Crippen molar-refractivity contribution in [2.75, 3.05) is 38.7 Å². The summed E-state index contributed by atoms with van der Waals surface area (Å²) in [5.41, 5.74) is 2.04. The zero-order valence-electron chi connectivity index (χ0n) is 13.1. The van der Waals surface area contributed by atoms with Gasteiger partial charge in [0.15, 0.2) is 0 Å². The van der Waals surface area contributed by atoms with Crippen LogP contribution in [0.1, 0.15) is 24.8 Å². The second-order valence-electron chi connectivity index (χ2n) is 5.94. The van der Waals surface area contributed by atoms with Crippen LogP contribution < -0.4 is 5.32 Å². The molecular formula is C17H26N2O2. The Morgan fingerprint density at radius 1 is 1.48 bits per heavy atom. The molecule has 1 fully saturated rings. The van der Waals surface area contributed by atoms with Crippen LogP contribution in [0.2, 0.25) is 0 Å². The number of carbonyl (C=O) groups excluding carboxylic acids is 1. The van der Waals surface area contributed by atoms with E-state index in [9.17, 15) is 4.79 Å². The third-order valence-electron chi connectivity index (χ3n) is 4.00. The molecule has 1 aliphatic heterocycles. The number of ether oxygens (including phenoxy) is 1. The number of nitrogens with zero attached hydrogens (tertiary/aromatic N) is 1. The summed E-state index contributed by atoms with van der Waals surface area (Å²) in [6.07, 6.45) is 3.51. The van der Waals surface area contributed by atoms with Crippen LogP contribution in [0.3, 0.4) is 0 Å². The number of carbonyl (C=O) groups is 1. The van der Waals surface area contributed by atoms with Gasteiger partial charge >= 0.3 is 0 Å². The van der Waals surface area contributed by atoms with Crippen LogP contribution in [0.15, 0.2) is 24.3 Å². The SMILES string of the molecule is COCCC1CCCN(CC(=O)Nc2cccc(C)c2)C1. The van der Waals surface area contributed by atoms with E-state index in [-0.39, 0.29) is 5.91 Å². The standard InChI is InChI=1S/C17H26N2O2/c1-14-5-3-7-16(11-14)18-17(20)13-19-9-4-6-15(12-19)8-10-21-2/h3,5,7,11,15H,4,6,8-10,12-13H2,1-2H3,(H,18,20). The number of likely N-dealkylation sites (tertiary alicyclic amines) is 1. The van der Waals surface area contributed by atoms with Gasteiger partial charge in [0.2, 0.25) is 5.91 Å². The summed E-state index contributed by atoms with van der Waals surface area (Å²) in [5, 5.41) is 2.98. The van der Waals surface area contributed by atoms with Crippen LogP contribution in [-0.4, -0.2) is 44.2 Å². The largest absolute Gasteiger partial charge is 0.385 e.